The Morgan fingerprint density at radius 1 is 0.943 bits per heavy atom. The van der Waals surface area contributed by atoms with E-state index in [2.05, 4.69) is 31.5 Å². The average molecular weight is 483 g/mol. The van der Waals surface area contributed by atoms with E-state index in [1.54, 1.807) is 48.7 Å². The van der Waals surface area contributed by atoms with Crippen molar-refractivity contribution in [1.82, 2.24) is 9.97 Å². The second-order valence-electron chi connectivity index (χ2n) is 8.00. The first-order valence-electron chi connectivity index (χ1n) is 10.7. The van der Waals surface area contributed by atoms with E-state index >= 15 is 0 Å². The summed E-state index contributed by atoms with van der Waals surface area (Å²) in [5.74, 6) is 6.40. The Labute approximate surface area is 202 Å². The molecular formula is C27H19FN4O2S. The molecule has 0 amide bonds. The summed E-state index contributed by atoms with van der Waals surface area (Å²) in [5, 5.41) is 0. The molecule has 1 N–H and O–H groups in total. The third kappa shape index (κ3) is 4.81. The van der Waals surface area contributed by atoms with Gasteiger partial charge in [0.25, 0.3) is 10.0 Å². The van der Waals surface area contributed by atoms with Crippen LogP contribution in [0.1, 0.15) is 35.1 Å². The van der Waals surface area contributed by atoms with Crippen LogP contribution in [0, 0.1) is 17.7 Å². The van der Waals surface area contributed by atoms with Gasteiger partial charge in [0.15, 0.2) is 5.82 Å². The SMILES string of the molecule is CC1=Nc2ncc(C#Cc3cccc(NS(=O)(=O)c4cccnc4)c3)cc2C1c1ccc(F)cc1. The fourth-order valence-electron chi connectivity index (χ4n) is 3.91. The van der Waals surface area contributed by atoms with Gasteiger partial charge < -0.3 is 0 Å². The van der Waals surface area contributed by atoms with E-state index < -0.39 is 10.0 Å². The molecule has 1 aliphatic rings. The van der Waals surface area contributed by atoms with Crippen LogP contribution >= 0.6 is 0 Å². The number of nitrogens with one attached hydrogen (secondary N) is 1. The Kier molecular flexibility index (Phi) is 5.85. The summed E-state index contributed by atoms with van der Waals surface area (Å²) in [7, 11) is -3.75. The zero-order valence-electron chi connectivity index (χ0n) is 18.6. The number of anilines is 1. The number of aliphatic imine (C=N–C) groups is 1. The summed E-state index contributed by atoms with van der Waals surface area (Å²) in [5.41, 5.74) is 4.47. The number of pyridine rings is 2. The van der Waals surface area contributed by atoms with Crippen LogP contribution in [-0.4, -0.2) is 24.1 Å². The number of rotatable bonds is 4. The number of halogens is 1. The standard InChI is InChI=1S/C27H19FN4O2S/c1-18-26(21-9-11-22(28)12-10-21)25-15-20(16-30-27(25)31-18)8-7-19-4-2-5-23(14-19)32-35(33,34)24-6-3-13-29-17-24/h2-6,9-17,26,32H,1H3. The van der Waals surface area contributed by atoms with Gasteiger partial charge in [-0.05, 0) is 61.0 Å². The number of hydrogen-bond donors (Lipinski definition) is 1. The van der Waals surface area contributed by atoms with E-state index in [0.29, 0.717) is 22.6 Å². The maximum absolute atomic E-state index is 13.4. The molecule has 2 aromatic heterocycles. The van der Waals surface area contributed by atoms with Gasteiger partial charge in [0.05, 0.1) is 11.6 Å². The first kappa shape index (κ1) is 22.4. The molecule has 172 valence electrons. The van der Waals surface area contributed by atoms with Crippen LogP contribution in [0.4, 0.5) is 15.9 Å². The van der Waals surface area contributed by atoms with Crippen LogP contribution in [0.5, 0.6) is 0 Å². The van der Waals surface area contributed by atoms with E-state index in [4.69, 9.17) is 0 Å². The molecule has 0 spiro atoms. The van der Waals surface area contributed by atoms with Gasteiger partial charge in [-0.15, -0.1) is 0 Å². The monoisotopic (exact) mass is 482 g/mol. The molecule has 3 heterocycles. The van der Waals surface area contributed by atoms with E-state index in [9.17, 15) is 12.8 Å². The van der Waals surface area contributed by atoms with E-state index in [1.165, 1.54) is 30.6 Å². The largest absolute Gasteiger partial charge is 0.280 e. The molecule has 2 aromatic carbocycles. The number of aromatic nitrogens is 2. The predicted molar refractivity (Wildman–Crippen MR) is 133 cm³/mol. The van der Waals surface area contributed by atoms with Crippen molar-refractivity contribution in [1.29, 1.82) is 0 Å². The van der Waals surface area contributed by atoms with Crippen molar-refractivity contribution in [3.8, 4) is 11.8 Å². The molecule has 8 heteroatoms. The first-order valence-corrected chi connectivity index (χ1v) is 12.2. The summed E-state index contributed by atoms with van der Waals surface area (Å²) in [6.07, 6.45) is 4.46. The lowest BCUT2D eigenvalue weighted by molar-refractivity contribution is 0.601. The topological polar surface area (TPSA) is 84.3 Å². The second kappa shape index (κ2) is 9.12. The lowest BCUT2D eigenvalue weighted by atomic mass is 9.89. The Morgan fingerprint density at radius 2 is 1.74 bits per heavy atom. The minimum atomic E-state index is -3.75. The minimum absolute atomic E-state index is 0.0777. The number of sulfonamides is 1. The number of nitrogens with zero attached hydrogens (tertiary/aromatic N) is 3. The molecule has 4 aromatic rings. The van der Waals surface area contributed by atoms with Crippen LogP contribution in [0.25, 0.3) is 0 Å². The van der Waals surface area contributed by atoms with Crippen molar-refractivity contribution < 1.29 is 12.8 Å². The highest BCUT2D eigenvalue weighted by atomic mass is 32.2. The van der Waals surface area contributed by atoms with Crippen LogP contribution < -0.4 is 4.72 Å². The summed E-state index contributed by atoms with van der Waals surface area (Å²) in [6, 6.07) is 18.2. The zero-order valence-corrected chi connectivity index (χ0v) is 19.4. The summed E-state index contributed by atoms with van der Waals surface area (Å²) >= 11 is 0. The van der Waals surface area contributed by atoms with E-state index in [-0.39, 0.29) is 16.6 Å². The fourth-order valence-corrected chi connectivity index (χ4v) is 4.92. The maximum Gasteiger partial charge on any atom is 0.263 e. The van der Waals surface area contributed by atoms with Gasteiger partial charge >= 0.3 is 0 Å². The van der Waals surface area contributed by atoms with Crippen molar-refractivity contribution in [2.45, 2.75) is 17.7 Å². The molecule has 35 heavy (non-hydrogen) atoms. The van der Waals surface area contributed by atoms with Crippen molar-refractivity contribution in [2.24, 2.45) is 4.99 Å². The Hall–Kier alpha value is -4.35. The molecule has 0 saturated heterocycles. The average Bonchev–Trinajstić information content (AvgIpc) is 3.19. The van der Waals surface area contributed by atoms with Gasteiger partial charge in [-0.1, -0.05) is 30.0 Å². The molecule has 1 aliphatic heterocycles. The molecule has 1 atom stereocenters. The normalized spacial score (nSPS) is 14.5. The fraction of sp³-hybridized carbons (Fsp3) is 0.0741. The highest BCUT2D eigenvalue weighted by molar-refractivity contribution is 7.92. The zero-order chi connectivity index (χ0) is 24.4. The molecule has 0 bridgehead atoms. The Morgan fingerprint density at radius 3 is 2.51 bits per heavy atom. The lowest BCUT2D eigenvalue weighted by Gasteiger charge is -2.12. The van der Waals surface area contributed by atoms with Crippen molar-refractivity contribution >= 4 is 27.2 Å². The molecule has 0 radical (unpaired) electrons. The Bertz CT molecular complexity index is 1610. The van der Waals surface area contributed by atoms with Crippen molar-refractivity contribution in [3.63, 3.8) is 0 Å². The van der Waals surface area contributed by atoms with Gasteiger partial charge in [-0.2, -0.15) is 0 Å². The molecular weight excluding hydrogens is 463 g/mol. The lowest BCUT2D eigenvalue weighted by Crippen LogP contribution is -2.13. The summed E-state index contributed by atoms with van der Waals surface area (Å²) in [4.78, 5) is 12.9. The van der Waals surface area contributed by atoms with E-state index in [1.807, 2.05) is 13.0 Å². The van der Waals surface area contributed by atoms with Crippen LogP contribution in [-0.2, 0) is 10.0 Å². The third-order valence-corrected chi connectivity index (χ3v) is 6.89. The maximum atomic E-state index is 13.4. The van der Waals surface area contributed by atoms with Gasteiger partial charge in [0.2, 0.25) is 0 Å². The summed E-state index contributed by atoms with van der Waals surface area (Å²) in [6.45, 7) is 1.93. The van der Waals surface area contributed by atoms with Gasteiger partial charge in [-0.3, -0.25) is 9.71 Å². The molecule has 0 saturated carbocycles. The quantitative estimate of drug-likeness (QED) is 0.413. The minimum Gasteiger partial charge on any atom is -0.280 e. The van der Waals surface area contributed by atoms with Crippen molar-refractivity contribution in [3.05, 3.63) is 113 Å². The van der Waals surface area contributed by atoms with Crippen LogP contribution in [0.15, 0.2) is 95.2 Å². The molecule has 1 unspecified atom stereocenters. The van der Waals surface area contributed by atoms with Gasteiger partial charge in [-0.25, -0.2) is 22.8 Å². The second-order valence-corrected chi connectivity index (χ2v) is 9.68. The highest BCUT2D eigenvalue weighted by Gasteiger charge is 2.27. The number of benzene rings is 2. The predicted octanol–water partition coefficient (Wildman–Crippen LogP) is 5.05. The molecule has 0 fully saturated rings. The summed E-state index contributed by atoms with van der Waals surface area (Å²) < 4.78 is 41.1. The number of hydrogen-bond acceptors (Lipinski definition) is 5. The first-order chi connectivity index (χ1) is 16.9. The van der Waals surface area contributed by atoms with Gasteiger partial charge in [0.1, 0.15) is 10.7 Å². The molecule has 6 nitrogen and oxygen atoms in total. The van der Waals surface area contributed by atoms with E-state index in [0.717, 1.165) is 16.8 Å². The molecule has 5 rings (SSSR count). The third-order valence-electron chi connectivity index (χ3n) is 5.52. The number of fused-ring (bicyclic) bond motifs is 1. The smallest absolute Gasteiger partial charge is 0.263 e. The van der Waals surface area contributed by atoms with Crippen LogP contribution in [0.2, 0.25) is 0 Å². The van der Waals surface area contributed by atoms with Crippen LogP contribution in [0.3, 0.4) is 0 Å². The Balaban J connectivity index is 1.40. The highest BCUT2D eigenvalue weighted by Crippen LogP contribution is 2.38. The molecule has 0 aliphatic carbocycles. The van der Waals surface area contributed by atoms with Gasteiger partial charge in [0, 0.05) is 41.0 Å². The van der Waals surface area contributed by atoms with Crippen molar-refractivity contribution in [2.75, 3.05) is 4.72 Å².